The molecule has 0 saturated heterocycles. The summed E-state index contributed by atoms with van der Waals surface area (Å²) in [4.78, 5) is 12.0. The van der Waals surface area contributed by atoms with Gasteiger partial charge in [-0.25, -0.2) is 0 Å². The van der Waals surface area contributed by atoms with Gasteiger partial charge in [0, 0.05) is 29.4 Å². The quantitative estimate of drug-likeness (QED) is 0.814. The minimum absolute atomic E-state index is 0.0214. The molecule has 0 aromatic heterocycles. The van der Waals surface area contributed by atoms with E-state index in [1.165, 1.54) is 5.56 Å². The highest BCUT2D eigenvalue weighted by molar-refractivity contribution is 6.31. The fourth-order valence-corrected chi connectivity index (χ4v) is 2.43. The van der Waals surface area contributed by atoms with E-state index in [9.17, 15) is 4.79 Å². The molecule has 0 fully saturated rings. The Morgan fingerprint density at radius 3 is 2.68 bits per heavy atom. The van der Waals surface area contributed by atoms with E-state index in [2.05, 4.69) is 23.6 Å². The molecule has 0 aliphatic rings. The van der Waals surface area contributed by atoms with Crippen molar-refractivity contribution in [2.75, 3.05) is 17.2 Å². The van der Waals surface area contributed by atoms with E-state index >= 15 is 0 Å². The number of hydrogen-bond donors (Lipinski definition) is 2. The maximum absolute atomic E-state index is 12.0. The van der Waals surface area contributed by atoms with Crippen LogP contribution in [0, 0.1) is 6.92 Å². The van der Waals surface area contributed by atoms with E-state index in [1.807, 2.05) is 37.3 Å². The van der Waals surface area contributed by atoms with Crippen LogP contribution in [-0.2, 0) is 11.2 Å². The van der Waals surface area contributed by atoms with E-state index in [0.717, 1.165) is 23.4 Å². The maximum Gasteiger partial charge on any atom is 0.226 e. The van der Waals surface area contributed by atoms with Crippen LogP contribution in [0.2, 0.25) is 5.02 Å². The lowest BCUT2D eigenvalue weighted by molar-refractivity contribution is -0.115. The van der Waals surface area contributed by atoms with E-state index in [-0.39, 0.29) is 5.91 Å². The van der Waals surface area contributed by atoms with E-state index < -0.39 is 0 Å². The van der Waals surface area contributed by atoms with Gasteiger partial charge in [0.1, 0.15) is 0 Å². The number of hydrogen-bond acceptors (Lipinski definition) is 2. The smallest absolute Gasteiger partial charge is 0.226 e. The van der Waals surface area contributed by atoms with Gasteiger partial charge in [0.2, 0.25) is 5.91 Å². The first-order valence-electron chi connectivity index (χ1n) is 7.48. The van der Waals surface area contributed by atoms with Gasteiger partial charge in [-0.2, -0.15) is 0 Å². The first-order valence-corrected chi connectivity index (χ1v) is 7.85. The summed E-state index contributed by atoms with van der Waals surface area (Å²) in [7, 11) is 0. The number of rotatable bonds is 6. The Morgan fingerprint density at radius 2 is 1.91 bits per heavy atom. The molecule has 0 aliphatic heterocycles. The van der Waals surface area contributed by atoms with Gasteiger partial charge in [-0.05, 0) is 42.7 Å². The van der Waals surface area contributed by atoms with Crippen molar-refractivity contribution in [2.24, 2.45) is 0 Å². The minimum atomic E-state index is -0.0214. The van der Waals surface area contributed by atoms with Crippen molar-refractivity contribution in [1.29, 1.82) is 0 Å². The van der Waals surface area contributed by atoms with Gasteiger partial charge >= 0.3 is 0 Å². The second-order valence-electron chi connectivity index (χ2n) is 5.19. The van der Waals surface area contributed by atoms with Crippen LogP contribution in [-0.4, -0.2) is 12.5 Å². The van der Waals surface area contributed by atoms with Crippen molar-refractivity contribution < 1.29 is 4.79 Å². The molecule has 0 spiro atoms. The molecule has 0 radical (unpaired) electrons. The van der Waals surface area contributed by atoms with Gasteiger partial charge in [-0.3, -0.25) is 4.79 Å². The van der Waals surface area contributed by atoms with Crippen molar-refractivity contribution in [1.82, 2.24) is 0 Å². The van der Waals surface area contributed by atoms with E-state index in [0.29, 0.717) is 18.0 Å². The van der Waals surface area contributed by atoms with Crippen LogP contribution in [0.15, 0.2) is 42.5 Å². The molecule has 22 heavy (non-hydrogen) atoms. The van der Waals surface area contributed by atoms with Crippen molar-refractivity contribution in [2.45, 2.75) is 26.7 Å². The lowest BCUT2D eigenvalue weighted by Crippen LogP contribution is -2.17. The number of halogens is 1. The number of anilines is 2. The summed E-state index contributed by atoms with van der Waals surface area (Å²) in [5.41, 5.74) is 4.12. The largest absolute Gasteiger partial charge is 0.384 e. The molecule has 0 bridgehead atoms. The lowest BCUT2D eigenvalue weighted by Gasteiger charge is -2.12. The van der Waals surface area contributed by atoms with Crippen LogP contribution in [0.1, 0.15) is 24.5 Å². The molecule has 0 saturated carbocycles. The highest BCUT2D eigenvalue weighted by Crippen LogP contribution is 2.20. The fourth-order valence-electron chi connectivity index (χ4n) is 2.25. The monoisotopic (exact) mass is 316 g/mol. The average molecular weight is 317 g/mol. The average Bonchev–Trinajstić information content (AvgIpc) is 2.51. The van der Waals surface area contributed by atoms with Crippen molar-refractivity contribution in [3.05, 3.63) is 58.6 Å². The Morgan fingerprint density at radius 1 is 1.14 bits per heavy atom. The highest BCUT2D eigenvalue weighted by Gasteiger charge is 2.06. The summed E-state index contributed by atoms with van der Waals surface area (Å²) in [6.07, 6.45) is 1.38. The molecule has 2 rings (SSSR count). The number of para-hydroxylation sites is 1. The molecular formula is C18H21ClN2O. The van der Waals surface area contributed by atoms with E-state index in [4.69, 9.17) is 11.6 Å². The van der Waals surface area contributed by atoms with Crippen molar-refractivity contribution in [3.8, 4) is 0 Å². The van der Waals surface area contributed by atoms with E-state index in [1.54, 1.807) is 6.07 Å². The summed E-state index contributed by atoms with van der Waals surface area (Å²) < 4.78 is 0. The zero-order valence-corrected chi connectivity index (χ0v) is 13.7. The summed E-state index contributed by atoms with van der Waals surface area (Å²) in [5.74, 6) is -0.0214. The number of carbonyl (C=O) groups is 1. The van der Waals surface area contributed by atoms with Crippen LogP contribution < -0.4 is 10.6 Å². The summed E-state index contributed by atoms with van der Waals surface area (Å²) >= 11 is 5.95. The molecule has 116 valence electrons. The van der Waals surface area contributed by atoms with Gasteiger partial charge in [-0.1, -0.05) is 42.8 Å². The summed E-state index contributed by atoms with van der Waals surface area (Å²) in [6.45, 7) is 4.67. The Hall–Kier alpha value is -2.00. The lowest BCUT2D eigenvalue weighted by atomic mass is 10.1. The van der Waals surface area contributed by atoms with Crippen LogP contribution in [0.4, 0.5) is 11.4 Å². The van der Waals surface area contributed by atoms with Gasteiger partial charge in [0.05, 0.1) is 0 Å². The van der Waals surface area contributed by atoms with Crippen LogP contribution in [0.5, 0.6) is 0 Å². The molecule has 1 amide bonds. The zero-order valence-electron chi connectivity index (χ0n) is 12.9. The molecule has 0 heterocycles. The fraction of sp³-hybridized carbons (Fsp3) is 0.278. The normalized spacial score (nSPS) is 10.3. The number of amides is 1. The topological polar surface area (TPSA) is 41.1 Å². The predicted octanol–water partition coefficient (Wildman–Crippen LogP) is 4.65. The first-order chi connectivity index (χ1) is 10.6. The van der Waals surface area contributed by atoms with Crippen LogP contribution >= 0.6 is 11.6 Å². The predicted molar refractivity (Wildman–Crippen MR) is 93.7 cm³/mol. The Balaban J connectivity index is 1.87. The third-order valence-corrected chi connectivity index (χ3v) is 3.77. The number of benzene rings is 2. The Bertz CT molecular complexity index is 655. The van der Waals surface area contributed by atoms with Crippen LogP contribution in [0.25, 0.3) is 0 Å². The zero-order chi connectivity index (χ0) is 15.9. The molecule has 0 atom stereocenters. The molecule has 2 aromatic rings. The van der Waals surface area contributed by atoms with Gasteiger partial charge in [0.15, 0.2) is 0 Å². The van der Waals surface area contributed by atoms with Gasteiger partial charge < -0.3 is 10.6 Å². The third-order valence-electron chi connectivity index (χ3n) is 3.54. The SMILES string of the molecule is CCc1ccccc1NCCC(=O)Nc1cc(Cl)ccc1C. The second kappa shape index (κ2) is 7.85. The van der Waals surface area contributed by atoms with Gasteiger partial charge in [0.25, 0.3) is 0 Å². The third kappa shape index (κ3) is 4.50. The molecule has 4 heteroatoms. The molecular weight excluding hydrogens is 296 g/mol. The molecule has 2 N–H and O–H groups in total. The Kier molecular flexibility index (Phi) is 5.84. The number of nitrogens with one attached hydrogen (secondary N) is 2. The maximum atomic E-state index is 12.0. The summed E-state index contributed by atoms with van der Waals surface area (Å²) in [6, 6.07) is 13.6. The molecule has 3 nitrogen and oxygen atoms in total. The standard InChI is InChI=1S/C18H21ClN2O/c1-3-14-6-4-5-7-16(14)20-11-10-18(22)21-17-12-15(19)9-8-13(17)2/h4-9,12,20H,3,10-11H2,1-2H3,(H,21,22). The highest BCUT2D eigenvalue weighted by atomic mass is 35.5. The summed E-state index contributed by atoms with van der Waals surface area (Å²) in [5, 5.41) is 6.84. The van der Waals surface area contributed by atoms with Gasteiger partial charge in [-0.15, -0.1) is 0 Å². The van der Waals surface area contributed by atoms with Crippen LogP contribution in [0.3, 0.4) is 0 Å². The molecule has 2 aromatic carbocycles. The second-order valence-corrected chi connectivity index (χ2v) is 5.63. The van der Waals surface area contributed by atoms with Crippen molar-refractivity contribution in [3.63, 3.8) is 0 Å². The van der Waals surface area contributed by atoms with Crippen molar-refractivity contribution >= 4 is 28.9 Å². The minimum Gasteiger partial charge on any atom is -0.384 e. The molecule has 0 aliphatic carbocycles. The Labute approximate surface area is 136 Å². The molecule has 0 unspecified atom stereocenters. The first kappa shape index (κ1) is 16.4. The number of aryl methyl sites for hydroxylation is 2. The number of carbonyl (C=O) groups excluding carboxylic acids is 1.